The second kappa shape index (κ2) is 7.19. The molecule has 2 N–H and O–H groups in total. The third-order valence-electron chi connectivity index (χ3n) is 3.18. The van der Waals surface area contributed by atoms with Crippen molar-refractivity contribution in [1.29, 1.82) is 0 Å². The summed E-state index contributed by atoms with van der Waals surface area (Å²) in [5, 5.41) is 6.84. The first kappa shape index (κ1) is 14.7. The summed E-state index contributed by atoms with van der Waals surface area (Å²) in [5.74, 6) is 2.83. The maximum absolute atomic E-state index is 4.61. The molecule has 0 aromatic carbocycles. The summed E-state index contributed by atoms with van der Waals surface area (Å²) < 4.78 is 0. The Hall–Kier alpha value is -1.32. The van der Waals surface area contributed by atoms with Crippen LogP contribution in [0.4, 0.5) is 11.6 Å². The molecule has 0 atom stereocenters. The summed E-state index contributed by atoms with van der Waals surface area (Å²) in [6.07, 6.45) is 3.08. The van der Waals surface area contributed by atoms with Crippen LogP contribution < -0.4 is 10.6 Å². The Balaban J connectivity index is 3.04. The monoisotopic (exact) mass is 250 g/mol. The van der Waals surface area contributed by atoms with Crippen molar-refractivity contribution in [3.63, 3.8) is 0 Å². The fourth-order valence-electron chi connectivity index (χ4n) is 1.89. The van der Waals surface area contributed by atoms with E-state index in [1.165, 1.54) is 0 Å². The highest BCUT2D eigenvalue weighted by Gasteiger charge is 2.12. The zero-order chi connectivity index (χ0) is 13.5. The van der Waals surface area contributed by atoms with Crippen LogP contribution in [0.2, 0.25) is 0 Å². The normalized spacial score (nSPS) is 10.8. The van der Waals surface area contributed by atoms with Crippen molar-refractivity contribution in [2.75, 3.05) is 17.2 Å². The molecule has 4 heteroatoms. The van der Waals surface area contributed by atoms with Gasteiger partial charge in [-0.15, -0.1) is 0 Å². The van der Waals surface area contributed by atoms with Gasteiger partial charge in [0.1, 0.15) is 17.5 Å². The number of aryl methyl sites for hydroxylation is 1. The standard InChI is InChI=1S/C14H26N4/c1-6-11(7-2)16-14-10(5)13(15-9-4)17-12(8-3)18-14/h11H,6-9H2,1-5H3,(H2,15,16,17,18). The zero-order valence-electron chi connectivity index (χ0n) is 12.3. The lowest BCUT2D eigenvalue weighted by Gasteiger charge is -2.19. The highest BCUT2D eigenvalue weighted by Crippen LogP contribution is 2.21. The van der Waals surface area contributed by atoms with E-state index >= 15 is 0 Å². The molecule has 0 aliphatic rings. The lowest BCUT2D eigenvalue weighted by molar-refractivity contribution is 0.666. The SMILES string of the molecule is CCNc1nc(CC)nc(NC(CC)CC)c1C. The molecule has 0 bridgehead atoms. The fraction of sp³-hybridized carbons (Fsp3) is 0.714. The maximum Gasteiger partial charge on any atom is 0.134 e. The molecule has 0 radical (unpaired) electrons. The van der Waals surface area contributed by atoms with Crippen LogP contribution >= 0.6 is 0 Å². The minimum absolute atomic E-state index is 0.484. The number of hydrogen-bond donors (Lipinski definition) is 2. The molecule has 0 fully saturated rings. The van der Waals surface area contributed by atoms with E-state index in [0.29, 0.717) is 6.04 Å². The summed E-state index contributed by atoms with van der Waals surface area (Å²) in [6, 6.07) is 0.484. The predicted octanol–water partition coefficient (Wildman–Crippen LogP) is 3.38. The molecular formula is C14H26N4. The number of rotatable bonds is 7. The smallest absolute Gasteiger partial charge is 0.134 e. The van der Waals surface area contributed by atoms with E-state index < -0.39 is 0 Å². The molecule has 0 saturated heterocycles. The molecule has 18 heavy (non-hydrogen) atoms. The number of nitrogens with one attached hydrogen (secondary N) is 2. The van der Waals surface area contributed by atoms with Crippen molar-refractivity contribution in [3.05, 3.63) is 11.4 Å². The molecular weight excluding hydrogens is 224 g/mol. The van der Waals surface area contributed by atoms with E-state index in [9.17, 15) is 0 Å². The van der Waals surface area contributed by atoms with Crippen LogP contribution in [0.25, 0.3) is 0 Å². The summed E-state index contributed by atoms with van der Waals surface area (Å²) >= 11 is 0. The molecule has 1 aromatic rings. The minimum atomic E-state index is 0.484. The van der Waals surface area contributed by atoms with Gasteiger partial charge in [-0.2, -0.15) is 0 Å². The summed E-state index contributed by atoms with van der Waals surface area (Å²) in [4.78, 5) is 9.15. The van der Waals surface area contributed by atoms with Gasteiger partial charge >= 0.3 is 0 Å². The topological polar surface area (TPSA) is 49.8 Å². The maximum atomic E-state index is 4.61. The van der Waals surface area contributed by atoms with Crippen molar-refractivity contribution in [2.45, 2.75) is 59.9 Å². The van der Waals surface area contributed by atoms with E-state index in [4.69, 9.17) is 0 Å². The third kappa shape index (κ3) is 3.59. The Morgan fingerprint density at radius 3 is 2.11 bits per heavy atom. The second-order valence-electron chi connectivity index (χ2n) is 4.50. The lowest BCUT2D eigenvalue weighted by Crippen LogP contribution is -2.20. The van der Waals surface area contributed by atoms with E-state index in [-0.39, 0.29) is 0 Å². The zero-order valence-corrected chi connectivity index (χ0v) is 12.3. The van der Waals surface area contributed by atoms with Crippen LogP contribution in [-0.2, 0) is 6.42 Å². The van der Waals surface area contributed by atoms with Crippen molar-refractivity contribution in [2.24, 2.45) is 0 Å². The molecule has 1 rings (SSSR count). The molecule has 1 heterocycles. The van der Waals surface area contributed by atoms with Crippen LogP contribution in [0.5, 0.6) is 0 Å². The van der Waals surface area contributed by atoms with Gasteiger partial charge in [-0.25, -0.2) is 9.97 Å². The van der Waals surface area contributed by atoms with Crippen LogP contribution in [0.15, 0.2) is 0 Å². The van der Waals surface area contributed by atoms with E-state index in [1.54, 1.807) is 0 Å². The molecule has 0 unspecified atom stereocenters. The largest absolute Gasteiger partial charge is 0.370 e. The Morgan fingerprint density at radius 2 is 1.61 bits per heavy atom. The first-order chi connectivity index (χ1) is 8.65. The van der Waals surface area contributed by atoms with E-state index in [2.05, 4.69) is 55.2 Å². The number of anilines is 2. The molecule has 0 aliphatic heterocycles. The van der Waals surface area contributed by atoms with Crippen molar-refractivity contribution in [3.8, 4) is 0 Å². The van der Waals surface area contributed by atoms with Crippen LogP contribution in [-0.4, -0.2) is 22.6 Å². The Bertz CT molecular complexity index is 372. The lowest BCUT2D eigenvalue weighted by atomic mass is 10.1. The summed E-state index contributed by atoms with van der Waals surface area (Å²) in [6.45, 7) is 11.5. The van der Waals surface area contributed by atoms with Gasteiger partial charge in [0.15, 0.2) is 0 Å². The number of hydrogen-bond acceptors (Lipinski definition) is 4. The molecule has 1 aromatic heterocycles. The Kier molecular flexibility index (Phi) is 5.89. The molecule has 0 aliphatic carbocycles. The van der Waals surface area contributed by atoms with Gasteiger partial charge in [-0.05, 0) is 26.7 Å². The van der Waals surface area contributed by atoms with Crippen molar-refractivity contribution >= 4 is 11.6 Å². The molecule has 102 valence electrons. The Morgan fingerprint density at radius 1 is 1.00 bits per heavy atom. The fourth-order valence-corrected chi connectivity index (χ4v) is 1.89. The van der Waals surface area contributed by atoms with Crippen molar-refractivity contribution < 1.29 is 0 Å². The minimum Gasteiger partial charge on any atom is -0.370 e. The van der Waals surface area contributed by atoms with Gasteiger partial charge in [0, 0.05) is 24.6 Å². The average Bonchev–Trinajstić information content (AvgIpc) is 2.39. The third-order valence-corrected chi connectivity index (χ3v) is 3.18. The van der Waals surface area contributed by atoms with E-state index in [1.807, 2.05) is 0 Å². The Labute approximate surface area is 111 Å². The van der Waals surface area contributed by atoms with Gasteiger partial charge in [-0.3, -0.25) is 0 Å². The van der Waals surface area contributed by atoms with Crippen LogP contribution in [0.1, 0.15) is 51.9 Å². The average molecular weight is 250 g/mol. The molecule has 4 nitrogen and oxygen atoms in total. The molecule has 0 saturated carbocycles. The van der Waals surface area contributed by atoms with Crippen LogP contribution in [0, 0.1) is 6.92 Å². The summed E-state index contributed by atoms with van der Waals surface area (Å²) in [5.41, 5.74) is 1.11. The highest BCUT2D eigenvalue weighted by molar-refractivity contribution is 5.57. The van der Waals surface area contributed by atoms with Gasteiger partial charge in [-0.1, -0.05) is 20.8 Å². The summed E-state index contributed by atoms with van der Waals surface area (Å²) in [7, 11) is 0. The molecule has 0 amide bonds. The van der Waals surface area contributed by atoms with Gasteiger partial charge < -0.3 is 10.6 Å². The number of aromatic nitrogens is 2. The molecule has 0 spiro atoms. The second-order valence-corrected chi connectivity index (χ2v) is 4.50. The first-order valence-corrected chi connectivity index (χ1v) is 7.04. The van der Waals surface area contributed by atoms with Gasteiger partial charge in [0.2, 0.25) is 0 Å². The van der Waals surface area contributed by atoms with Gasteiger partial charge in [0.25, 0.3) is 0 Å². The predicted molar refractivity (Wildman–Crippen MR) is 78.3 cm³/mol. The quantitative estimate of drug-likeness (QED) is 0.779. The van der Waals surface area contributed by atoms with Crippen molar-refractivity contribution in [1.82, 2.24) is 9.97 Å². The van der Waals surface area contributed by atoms with Crippen LogP contribution in [0.3, 0.4) is 0 Å². The highest BCUT2D eigenvalue weighted by atomic mass is 15.1. The van der Waals surface area contributed by atoms with Gasteiger partial charge in [0.05, 0.1) is 0 Å². The number of nitrogens with zero attached hydrogens (tertiary/aromatic N) is 2. The van der Waals surface area contributed by atoms with E-state index in [0.717, 1.165) is 48.8 Å². The first-order valence-electron chi connectivity index (χ1n) is 7.04.